The summed E-state index contributed by atoms with van der Waals surface area (Å²) in [6.07, 6.45) is 8.92. The van der Waals surface area contributed by atoms with E-state index in [0.29, 0.717) is 6.54 Å². The van der Waals surface area contributed by atoms with Gasteiger partial charge in [-0.25, -0.2) is 0 Å². The summed E-state index contributed by atoms with van der Waals surface area (Å²) in [4.78, 5) is 12.9. The van der Waals surface area contributed by atoms with E-state index in [4.69, 9.17) is 6.42 Å². The molecular weight excluding hydrogens is 210 g/mol. The number of carbonyl (C=O) groups excluding carboxylic acids is 1. The lowest BCUT2D eigenvalue weighted by molar-refractivity contribution is 0.112. The zero-order chi connectivity index (χ0) is 12.3. The van der Waals surface area contributed by atoms with Gasteiger partial charge in [0, 0.05) is 17.8 Å². The molecule has 0 N–H and O–H groups in total. The van der Waals surface area contributed by atoms with Crippen molar-refractivity contribution in [3.8, 4) is 12.3 Å². The molecule has 1 aliphatic carbocycles. The van der Waals surface area contributed by atoms with Crippen LogP contribution in [0.5, 0.6) is 0 Å². The maximum atomic E-state index is 10.7. The quantitative estimate of drug-likeness (QED) is 0.569. The van der Waals surface area contributed by atoms with Crippen LogP contribution in [0.4, 0.5) is 5.69 Å². The summed E-state index contributed by atoms with van der Waals surface area (Å²) in [5, 5.41) is 0. The summed E-state index contributed by atoms with van der Waals surface area (Å²) in [6.45, 7) is 3.70. The number of terminal acetylenes is 1. The summed E-state index contributed by atoms with van der Waals surface area (Å²) in [5.41, 5.74) is 2.99. The molecule has 0 unspecified atom stereocenters. The lowest BCUT2D eigenvalue weighted by Crippen LogP contribution is -2.26. The molecule has 0 saturated heterocycles. The Hall–Kier alpha value is -1.75. The van der Waals surface area contributed by atoms with Gasteiger partial charge in [-0.2, -0.15) is 0 Å². The van der Waals surface area contributed by atoms with Crippen molar-refractivity contribution < 1.29 is 4.79 Å². The highest BCUT2D eigenvalue weighted by Gasteiger charge is 2.24. The number of benzene rings is 1. The summed E-state index contributed by atoms with van der Waals surface area (Å²) in [6, 6.07) is 5.77. The average molecular weight is 227 g/mol. The van der Waals surface area contributed by atoms with Crippen LogP contribution in [0.3, 0.4) is 0 Å². The minimum absolute atomic E-state index is 0.637. The molecule has 0 bridgehead atoms. The molecule has 0 atom stereocenters. The highest BCUT2D eigenvalue weighted by molar-refractivity contribution is 5.77. The van der Waals surface area contributed by atoms with Crippen LogP contribution >= 0.6 is 0 Å². The van der Waals surface area contributed by atoms with Gasteiger partial charge < -0.3 is 4.90 Å². The maximum absolute atomic E-state index is 10.7. The largest absolute Gasteiger partial charge is 0.360 e. The van der Waals surface area contributed by atoms with Gasteiger partial charge in [-0.15, -0.1) is 6.42 Å². The number of rotatable bonds is 5. The molecule has 2 heteroatoms. The molecule has 17 heavy (non-hydrogen) atoms. The molecule has 0 amide bonds. The van der Waals surface area contributed by atoms with Crippen molar-refractivity contribution in [3.63, 3.8) is 0 Å². The molecule has 1 aliphatic rings. The van der Waals surface area contributed by atoms with Gasteiger partial charge in [0.1, 0.15) is 6.29 Å². The van der Waals surface area contributed by atoms with E-state index in [1.807, 2.05) is 25.1 Å². The summed E-state index contributed by atoms with van der Waals surface area (Å²) >= 11 is 0. The first-order valence-corrected chi connectivity index (χ1v) is 5.99. The standard InChI is InChI=1S/C15H17NO/c1-3-8-16(10-13-4-5-13)15-7-6-14(11-17)9-12(15)2/h1,6-7,9,11,13H,4-5,8,10H2,2H3. The Bertz CT molecular complexity index is 454. The second-order valence-electron chi connectivity index (χ2n) is 4.69. The molecule has 88 valence electrons. The number of hydrogen-bond donors (Lipinski definition) is 0. The van der Waals surface area contributed by atoms with E-state index in [1.54, 1.807) is 0 Å². The molecule has 0 heterocycles. The summed E-state index contributed by atoms with van der Waals surface area (Å²) in [5.74, 6) is 3.51. The van der Waals surface area contributed by atoms with E-state index in [1.165, 1.54) is 12.8 Å². The SMILES string of the molecule is C#CCN(CC1CC1)c1ccc(C=O)cc1C. The Morgan fingerprint density at radius 1 is 1.53 bits per heavy atom. The van der Waals surface area contributed by atoms with Gasteiger partial charge in [-0.05, 0) is 49.4 Å². The third-order valence-electron chi connectivity index (χ3n) is 3.16. The average Bonchev–Trinajstić information content (AvgIpc) is 3.12. The first kappa shape index (κ1) is 11.7. The van der Waals surface area contributed by atoms with E-state index < -0.39 is 0 Å². The minimum atomic E-state index is 0.637. The van der Waals surface area contributed by atoms with Crippen LogP contribution in [0.15, 0.2) is 18.2 Å². The number of aldehydes is 1. The predicted octanol–water partition coefficient (Wildman–Crippen LogP) is 2.66. The van der Waals surface area contributed by atoms with E-state index >= 15 is 0 Å². The number of carbonyl (C=O) groups is 1. The lowest BCUT2D eigenvalue weighted by Gasteiger charge is -2.24. The van der Waals surface area contributed by atoms with Gasteiger partial charge in [0.25, 0.3) is 0 Å². The maximum Gasteiger partial charge on any atom is 0.150 e. The number of hydrogen-bond acceptors (Lipinski definition) is 2. The Kier molecular flexibility index (Phi) is 3.49. The van der Waals surface area contributed by atoms with E-state index in [0.717, 1.165) is 35.6 Å². The number of nitrogens with zero attached hydrogens (tertiary/aromatic N) is 1. The fraction of sp³-hybridized carbons (Fsp3) is 0.400. The molecule has 0 aliphatic heterocycles. The normalized spacial score (nSPS) is 14.1. The fourth-order valence-corrected chi connectivity index (χ4v) is 2.08. The van der Waals surface area contributed by atoms with Crippen molar-refractivity contribution in [2.24, 2.45) is 5.92 Å². The molecule has 2 rings (SSSR count). The van der Waals surface area contributed by atoms with Gasteiger partial charge in [-0.3, -0.25) is 4.79 Å². The van der Waals surface area contributed by atoms with Gasteiger partial charge in [-0.1, -0.05) is 5.92 Å². The molecular formula is C15H17NO. The highest BCUT2D eigenvalue weighted by Crippen LogP contribution is 2.32. The van der Waals surface area contributed by atoms with Crippen molar-refractivity contribution in [1.29, 1.82) is 0 Å². The van der Waals surface area contributed by atoms with Gasteiger partial charge in [0.15, 0.2) is 0 Å². The van der Waals surface area contributed by atoms with Crippen molar-refractivity contribution in [3.05, 3.63) is 29.3 Å². The first-order chi connectivity index (χ1) is 8.24. The second-order valence-corrected chi connectivity index (χ2v) is 4.69. The summed E-state index contributed by atoms with van der Waals surface area (Å²) < 4.78 is 0. The Labute approximate surface area is 103 Å². The van der Waals surface area contributed by atoms with Crippen molar-refractivity contribution in [2.75, 3.05) is 18.0 Å². The molecule has 1 aromatic rings. The zero-order valence-electron chi connectivity index (χ0n) is 10.1. The topological polar surface area (TPSA) is 20.3 Å². The Balaban J connectivity index is 2.21. The third-order valence-corrected chi connectivity index (χ3v) is 3.16. The van der Waals surface area contributed by atoms with Crippen LogP contribution in [0.25, 0.3) is 0 Å². The van der Waals surface area contributed by atoms with Crippen molar-refractivity contribution in [1.82, 2.24) is 0 Å². The molecule has 2 nitrogen and oxygen atoms in total. The second kappa shape index (κ2) is 5.05. The third kappa shape index (κ3) is 2.88. The van der Waals surface area contributed by atoms with Crippen LogP contribution < -0.4 is 4.90 Å². The van der Waals surface area contributed by atoms with E-state index in [9.17, 15) is 4.79 Å². The predicted molar refractivity (Wildman–Crippen MR) is 70.3 cm³/mol. The molecule has 0 aromatic heterocycles. The Morgan fingerprint density at radius 3 is 2.82 bits per heavy atom. The number of aryl methyl sites for hydroxylation is 1. The monoisotopic (exact) mass is 227 g/mol. The fourth-order valence-electron chi connectivity index (χ4n) is 2.08. The first-order valence-electron chi connectivity index (χ1n) is 5.99. The zero-order valence-corrected chi connectivity index (χ0v) is 10.1. The van der Waals surface area contributed by atoms with Crippen molar-refractivity contribution >= 4 is 12.0 Å². The van der Waals surface area contributed by atoms with E-state index in [-0.39, 0.29) is 0 Å². The van der Waals surface area contributed by atoms with Gasteiger partial charge in [0.05, 0.1) is 6.54 Å². The summed E-state index contributed by atoms with van der Waals surface area (Å²) in [7, 11) is 0. The molecule has 1 aromatic carbocycles. The van der Waals surface area contributed by atoms with Crippen molar-refractivity contribution in [2.45, 2.75) is 19.8 Å². The lowest BCUT2D eigenvalue weighted by atomic mass is 10.1. The van der Waals surface area contributed by atoms with E-state index in [2.05, 4.69) is 10.8 Å². The van der Waals surface area contributed by atoms with Crippen LogP contribution in [0, 0.1) is 25.2 Å². The van der Waals surface area contributed by atoms with Crippen LogP contribution in [0.2, 0.25) is 0 Å². The van der Waals surface area contributed by atoms with Crippen LogP contribution in [-0.2, 0) is 0 Å². The minimum Gasteiger partial charge on any atom is -0.360 e. The van der Waals surface area contributed by atoms with Gasteiger partial charge in [0.2, 0.25) is 0 Å². The van der Waals surface area contributed by atoms with Crippen LogP contribution in [-0.4, -0.2) is 19.4 Å². The Morgan fingerprint density at radius 2 is 2.29 bits per heavy atom. The van der Waals surface area contributed by atoms with Crippen LogP contribution in [0.1, 0.15) is 28.8 Å². The molecule has 0 spiro atoms. The highest BCUT2D eigenvalue weighted by atomic mass is 16.1. The van der Waals surface area contributed by atoms with Gasteiger partial charge >= 0.3 is 0 Å². The molecule has 1 saturated carbocycles. The molecule has 1 fully saturated rings. The molecule has 0 radical (unpaired) electrons. The smallest absolute Gasteiger partial charge is 0.150 e. The number of anilines is 1.